The van der Waals surface area contributed by atoms with E-state index in [1.54, 1.807) is 25.2 Å². The second-order valence-electron chi connectivity index (χ2n) is 7.94. The third-order valence-corrected chi connectivity index (χ3v) is 6.47. The second-order valence-corrected chi connectivity index (χ2v) is 8.94. The van der Waals surface area contributed by atoms with Crippen molar-refractivity contribution in [2.75, 3.05) is 32.6 Å². The molecule has 2 aromatic heterocycles. The quantitative estimate of drug-likeness (QED) is 0.491. The normalized spacial score (nSPS) is 13.5. The SMILES string of the molecule is CC1=C(Nc2nc(C)nc3sc(-c4ccc(OCCN(C)C)cc4)c(C)c23)C(=O)NC1=O.Cl. The number of anilines is 1. The van der Waals surface area contributed by atoms with E-state index >= 15 is 0 Å². The molecule has 1 aromatic carbocycles. The topological polar surface area (TPSA) is 96.5 Å². The molecule has 0 aliphatic carbocycles. The van der Waals surface area contributed by atoms with Crippen LogP contribution < -0.4 is 15.4 Å². The number of fused-ring (bicyclic) bond motifs is 1. The highest BCUT2D eigenvalue weighted by Gasteiger charge is 2.28. The van der Waals surface area contributed by atoms with Crippen molar-refractivity contribution in [2.45, 2.75) is 20.8 Å². The number of carbonyl (C=O) groups is 2. The number of hydrogen-bond acceptors (Lipinski definition) is 8. The molecule has 3 heterocycles. The summed E-state index contributed by atoms with van der Waals surface area (Å²) in [6, 6.07) is 8.00. The highest BCUT2D eigenvalue weighted by atomic mass is 35.5. The van der Waals surface area contributed by atoms with E-state index in [4.69, 9.17) is 4.74 Å². The van der Waals surface area contributed by atoms with Crippen LogP contribution in [0.25, 0.3) is 20.7 Å². The van der Waals surface area contributed by atoms with Gasteiger partial charge in [-0.2, -0.15) is 0 Å². The van der Waals surface area contributed by atoms with Crippen LogP contribution in [-0.2, 0) is 9.59 Å². The molecule has 0 radical (unpaired) electrons. The Kier molecular flexibility index (Phi) is 7.36. The number of hydrogen-bond donors (Lipinski definition) is 2. The third kappa shape index (κ3) is 5.00. The van der Waals surface area contributed by atoms with Crippen LogP contribution in [0.3, 0.4) is 0 Å². The van der Waals surface area contributed by atoms with E-state index in [9.17, 15) is 9.59 Å². The molecule has 1 aliphatic rings. The number of benzene rings is 1. The Balaban J connectivity index is 0.00000306. The van der Waals surface area contributed by atoms with Crippen LogP contribution in [0.4, 0.5) is 5.82 Å². The average Bonchev–Trinajstić information content (AvgIpc) is 3.19. The lowest BCUT2D eigenvalue weighted by Gasteiger charge is -2.11. The number of aromatic nitrogens is 2. The fourth-order valence-corrected chi connectivity index (χ4v) is 4.70. The number of thiophene rings is 1. The first kappa shape index (κ1) is 24.6. The Morgan fingerprint density at radius 1 is 1.06 bits per heavy atom. The van der Waals surface area contributed by atoms with E-state index in [0.29, 0.717) is 23.8 Å². The van der Waals surface area contributed by atoms with Gasteiger partial charge in [-0.25, -0.2) is 9.97 Å². The molecule has 10 heteroatoms. The van der Waals surface area contributed by atoms with Gasteiger partial charge >= 0.3 is 0 Å². The summed E-state index contributed by atoms with van der Waals surface area (Å²) in [4.78, 5) is 37.1. The van der Waals surface area contributed by atoms with Crippen LogP contribution >= 0.6 is 23.7 Å². The molecule has 1 aliphatic heterocycles. The van der Waals surface area contributed by atoms with E-state index < -0.39 is 11.8 Å². The van der Waals surface area contributed by atoms with Crippen LogP contribution in [0.15, 0.2) is 35.5 Å². The molecule has 3 aromatic rings. The molecular formula is C23H26ClN5O3S. The van der Waals surface area contributed by atoms with Crippen LogP contribution in [0.2, 0.25) is 0 Å². The van der Waals surface area contributed by atoms with E-state index in [0.717, 1.165) is 38.5 Å². The van der Waals surface area contributed by atoms with Crippen molar-refractivity contribution < 1.29 is 14.3 Å². The lowest BCUT2D eigenvalue weighted by molar-refractivity contribution is -0.124. The molecule has 33 heavy (non-hydrogen) atoms. The number of likely N-dealkylation sites (N-methyl/N-ethyl adjacent to an activating group) is 1. The molecule has 174 valence electrons. The first-order valence-corrected chi connectivity index (χ1v) is 11.1. The number of nitrogens with one attached hydrogen (secondary N) is 2. The summed E-state index contributed by atoms with van der Waals surface area (Å²) >= 11 is 1.57. The fraction of sp³-hybridized carbons (Fsp3) is 0.304. The number of halogens is 1. The van der Waals surface area contributed by atoms with Crippen molar-refractivity contribution in [1.82, 2.24) is 20.2 Å². The lowest BCUT2D eigenvalue weighted by atomic mass is 10.1. The molecule has 0 saturated carbocycles. The summed E-state index contributed by atoms with van der Waals surface area (Å²) in [6.07, 6.45) is 0. The van der Waals surface area contributed by atoms with Gasteiger partial charge in [-0.1, -0.05) is 0 Å². The largest absolute Gasteiger partial charge is 0.492 e. The molecule has 0 atom stereocenters. The zero-order valence-corrected chi connectivity index (χ0v) is 20.7. The van der Waals surface area contributed by atoms with Crippen molar-refractivity contribution in [1.29, 1.82) is 0 Å². The maximum Gasteiger partial charge on any atom is 0.275 e. The lowest BCUT2D eigenvalue weighted by Crippen LogP contribution is -2.24. The van der Waals surface area contributed by atoms with Crippen molar-refractivity contribution >= 4 is 51.6 Å². The predicted octanol–water partition coefficient (Wildman–Crippen LogP) is 3.68. The molecule has 0 fully saturated rings. The van der Waals surface area contributed by atoms with Gasteiger partial charge in [0.15, 0.2) is 0 Å². The van der Waals surface area contributed by atoms with Gasteiger partial charge in [0.2, 0.25) is 0 Å². The zero-order chi connectivity index (χ0) is 23.0. The monoisotopic (exact) mass is 487 g/mol. The molecule has 4 rings (SSSR count). The summed E-state index contributed by atoms with van der Waals surface area (Å²) in [5.74, 6) is 1.09. The highest BCUT2D eigenvalue weighted by molar-refractivity contribution is 7.22. The van der Waals surface area contributed by atoms with Gasteiger partial charge < -0.3 is 15.0 Å². The summed E-state index contributed by atoms with van der Waals surface area (Å²) in [7, 11) is 4.03. The maximum absolute atomic E-state index is 12.2. The molecule has 2 amide bonds. The Hall–Kier alpha value is -3.01. The number of nitrogens with zero attached hydrogens (tertiary/aromatic N) is 3. The number of imide groups is 1. The molecular weight excluding hydrogens is 462 g/mol. The Bertz CT molecular complexity index is 1250. The molecule has 8 nitrogen and oxygen atoms in total. The molecule has 0 bridgehead atoms. The van der Waals surface area contributed by atoms with E-state index in [-0.39, 0.29) is 18.1 Å². The zero-order valence-electron chi connectivity index (χ0n) is 19.1. The number of ether oxygens (including phenoxy) is 1. The Labute approximate surface area is 202 Å². The second kappa shape index (κ2) is 9.86. The number of carbonyl (C=O) groups excluding carboxylic acids is 2. The smallest absolute Gasteiger partial charge is 0.275 e. The van der Waals surface area contributed by atoms with Gasteiger partial charge in [-0.05, 0) is 70.3 Å². The van der Waals surface area contributed by atoms with Gasteiger partial charge in [0, 0.05) is 17.0 Å². The van der Waals surface area contributed by atoms with Crippen molar-refractivity contribution in [3.05, 3.63) is 46.9 Å². The van der Waals surface area contributed by atoms with Crippen LogP contribution in [0.5, 0.6) is 5.75 Å². The predicted molar refractivity (Wildman–Crippen MR) is 133 cm³/mol. The molecule has 0 spiro atoms. The number of amides is 2. The first-order chi connectivity index (χ1) is 15.2. The molecule has 0 unspecified atom stereocenters. The summed E-state index contributed by atoms with van der Waals surface area (Å²) in [6.45, 7) is 6.91. The highest BCUT2D eigenvalue weighted by Crippen LogP contribution is 2.40. The maximum atomic E-state index is 12.2. The minimum atomic E-state index is -0.449. The van der Waals surface area contributed by atoms with E-state index in [1.165, 1.54) is 0 Å². The van der Waals surface area contributed by atoms with Gasteiger partial charge in [0.1, 0.15) is 34.5 Å². The van der Waals surface area contributed by atoms with Gasteiger partial charge in [-0.15, -0.1) is 23.7 Å². The van der Waals surface area contributed by atoms with E-state index in [1.807, 2.05) is 45.3 Å². The van der Waals surface area contributed by atoms with Gasteiger partial charge in [-0.3, -0.25) is 14.9 Å². The standard InChI is InChI=1S/C23H25N5O3S.ClH/c1-12-17-20(26-18-13(2)21(29)27-22(18)30)24-14(3)25-23(17)32-19(12)15-6-8-16(9-7-15)31-11-10-28(4)5;/h6-9H,10-11H2,1-5H3,(H2,24,25,26,27,29,30);1H. The van der Waals surface area contributed by atoms with Gasteiger partial charge in [0.25, 0.3) is 11.8 Å². The number of aryl methyl sites for hydroxylation is 2. The first-order valence-electron chi connectivity index (χ1n) is 10.2. The Morgan fingerprint density at radius 3 is 2.36 bits per heavy atom. The Morgan fingerprint density at radius 2 is 1.76 bits per heavy atom. The van der Waals surface area contributed by atoms with E-state index in [2.05, 4.69) is 25.5 Å². The number of rotatable bonds is 7. The molecule has 2 N–H and O–H groups in total. The molecule has 0 saturated heterocycles. The van der Waals surface area contributed by atoms with Crippen LogP contribution in [0, 0.1) is 13.8 Å². The third-order valence-electron chi connectivity index (χ3n) is 5.24. The average molecular weight is 488 g/mol. The fourth-order valence-electron chi connectivity index (χ4n) is 3.47. The summed E-state index contributed by atoms with van der Waals surface area (Å²) in [5.41, 5.74) is 2.63. The summed E-state index contributed by atoms with van der Waals surface area (Å²) < 4.78 is 5.79. The minimum Gasteiger partial charge on any atom is -0.492 e. The van der Waals surface area contributed by atoms with Crippen molar-refractivity contribution in [3.8, 4) is 16.2 Å². The van der Waals surface area contributed by atoms with Crippen molar-refractivity contribution in [2.24, 2.45) is 0 Å². The summed E-state index contributed by atoms with van der Waals surface area (Å²) in [5, 5.41) is 6.22. The van der Waals surface area contributed by atoms with Crippen LogP contribution in [0.1, 0.15) is 18.3 Å². The van der Waals surface area contributed by atoms with Crippen LogP contribution in [-0.4, -0.2) is 53.9 Å². The van der Waals surface area contributed by atoms with Crippen molar-refractivity contribution in [3.63, 3.8) is 0 Å². The minimum absolute atomic E-state index is 0. The van der Waals surface area contributed by atoms with Gasteiger partial charge in [0.05, 0.1) is 5.39 Å².